The fourth-order valence-electron chi connectivity index (χ4n) is 0.610. The Morgan fingerprint density at radius 1 is 1.12 bits per heavy atom. The molecular formula is C11H18O6. The molecule has 0 aromatic heterocycles. The summed E-state index contributed by atoms with van der Waals surface area (Å²) in [5, 5.41) is 32.8. The first-order chi connectivity index (χ1) is 7.86. The van der Waals surface area contributed by atoms with E-state index < -0.39 is 11.9 Å². The zero-order valence-corrected chi connectivity index (χ0v) is 9.72. The number of hydrogen-bond acceptors (Lipinski definition) is 4. The average molecular weight is 246 g/mol. The molecule has 0 amide bonds. The van der Waals surface area contributed by atoms with Gasteiger partial charge in [0.2, 0.25) is 0 Å². The van der Waals surface area contributed by atoms with Crippen LogP contribution >= 0.6 is 0 Å². The third-order valence-corrected chi connectivity index (χ3v) is 1.63. The molecule has 6 heteroatoms. The summed E-state index contributed by atoms with van der Waals surface area (Å²) in [5.41, 5.74) is 0.330. The molecule has 0 spiro atoms. The molecule has 0 aliphatic carbocycles. The van der Waals surface area contributed by atoms with Crippen molar-refractivity contribution in [3.63, 3.8) is 0 Å². The van der Waals surface area contributed by atoms with Gasteiger partial charge in [0.1, 0.15) is 0 Å². The number of hydrogen-bond donors (Lipinski definition) is 4. The zero-order valence-electron chi connectivity index (χ0n) is 9.72. The first kappa shape index (κ1) is 17.7. The maximum atomic E-state index is 10.1. The summed E-state index contributed by atoms with van der Waals surface area (Å²) in [7, 11) is 0. The van der Waals surface area contributed by atoms with Gasteiger partial charge in [0, 0.05) is 30.8 Å². The van der Waals surface area contributed by atoms with E-state index in [9.17, 15) is 9.59 Å². The van der Waals surface area contributed by atoms with Crippen LogP contribution in [-0.4, -0.2) is 45.6 Å². The third-order valence-electron chi connectivity index (χ3n) is 1.63. The molecule has 0 heterocycles. The Balaban J connectivity index is 0. The first-order valence-corrected chi connectivity index (χ1v) is 4.89. The van der Waals surface area contributed by atoms with Crippen LogP contribution in [0.1, 0.15) is 19.8 Å². The van der Waals surface area contributed by atoms with Gasteiger partial charge in [-0.25, -0.2) is 9.59 Å². The van der Waals surface area contributed by atoms with Gasteiger partial charge in [-0.05, 0) is 13.3 Å². The van der Waals surface area contributed by atoms with Crippen LogP contribution in [0.15, 0.2) is 23.8 Å². The van der Waals surface area contributed by atoms with Crippen molar-refractivity contribution in [2.24, 2.45) is 0 Å². The fraction of sp³-hybridized carbons (Fsp3) is 0.455. The molecule has 0 saturated heterocycles. The lowest BCUT2D eigenvalue weighted by atomic mass is 10.2. The van der Waals surface area contributed by atoms with Crippen LogP contribution in [0.25, 0.3) is 0 Å². The van der Waals surface area contributed by atoms with Crippen molar-refractivity contribution in [1.82, 2.24) is 0 Å². The van der Waals surface area contributed by atoms with Crippen molar-refractivity contribution in [3.05, 3.63) is 23.8 Å². The molecule has 0 aliphatic rings. The van der Waals surface area contributed by atoms with Crippen molar-refractivity contribution in [1.29, 1.82) is 0 Å². The van der Waals surface area contributed by atoms with Crippen LogP contribution in [0.5, 0.6) is 0 Å². The minimum absolute atomic E-state index is 0.00458. The van der Waals surface area contributed by atoms with Gasteiger partial charge >= 0.3 is 11.9 Å². The van der Waals surface area contributed by atoms with Crippen molar-refractivity contribution < 1.29 is 30.0 Å². The van der Waals surface area contributed by atoms with Gasteiger partial charge in [-0.15, -0.1) is 0 Å². The van der Waals surface area contributed by atoms with E-state index in [-0.39, 0.29) is 30.8 Å². The largest absolute Gasteiger partial charge is 0.478 e. The molecule has 0 aliphatic heterocycles. The summed E-state index contributed by atoms with van der Waals surface area (Å²) in [6, 6.07) is 0. The minimum atomic E-state index is -1.04. The summed E-state index contributed by atoms with van der Waals surface area (Å²) in [4.78, 5) is 19.9. The SMILES string of the molecule is C/C(=C\CCO)C(=O)O.C=C(CCO)C(=O)O. The molecule has 0 saturated carbocycles. The van der Waals surface area contributed by atoms with E-state index in [1.807, 2.05) is 0 Å². The summed E-state index contributed by atoms with van der Waals surface area (Å²) in [6.45, 7) is 4.54. The molecule has 0 aromatic carbocycles. The van der Waals surface area contributed by atoms with E-state index in [1.165, 1.54) is 13.0 Å². The number of aliphatic hydroxyl groups is 2. The topological polar surface area (TPSA) is 115 Å². The Morgan fingerprint density at radius 2 is 1.65 bits per heavy atom. The normalized spacial score (nSPS) is 10.2. The highest BCUT2D eigenvalue weighted by Gasteiger charge is 2.00. The van der Waals surface area contributed by atoms with Gasteiger partial charge in [-0.2, -0.15) is 0 Å². The maximum Gasteiger partial charge on any atom is 0.331 e. The quantitative estimate of drug-likeness (QED) is 0.504. The lowest BCUT2D eigenvalue weighted by Gasteiger charge is -1.91. The molecule has 4 N–H and O–H groups in total. The second-order valence-electron chi connectivity index (χ2n) is 3.09. The van der Waals surface area contributed by atoms with E-state index in [2.05, 4.69) is 6.58 Å². The van der Waals surface area contributed by atoms with Crippen molar-refractivity contribution in [2.75, 3.05) is 13.2 Å². The van der Waals surface area contributed by atoms with Crippen molar-refractivity contribution in [2.45, 2.75) is 19.8 Å². The number of carboxylic acids is 2. The second-order valence-corrected chi connectivity index (χ2v) is 3.09. The fourth-order valence-corrected chi connectivity index (χ4v) is 0.610. The van der Waals surface area contributed by atoms with Crippen molar-refractivity contribution in [3.8, 4) is 0 Å². The van der Waals surface area contributed by atoms with Gasteiger partial charge in [0.05, 0.1) is 0 Å². The predicted octanol–water partition coefficient (Wildman–Crippen LogP) is 0.409. The molecule has 6 nitrogen and oxygen atoms in total. The summed E-state index contributed by atoms with van der Waals surface area (Å²) >= 11 is 0. The average Bonchev–Trinajstić information content (AvgIpc) is 2.26. The Morgan fingerprint density at radius 3 is 1.88 bits per heavy atom. The molecule has 0 unspecified atom stereocenters. The Labute approximate surface area is 99.5 Å². The Hall–Kier alpha value is -1.66. The molecule has 0 aromatic rings. The summed E-state index contributed by atoms with van der Waals surface area (Å²) < 4.78 is 0. The zero-order chi connectivity index (χ0) is 13.8. The number of rotatable bonds is 6. The third kappa shape index (κ3) is 12.3. The number of carboxylic acid groups (broad SMARTS) is 2. The van der Waals surface area contributed by atoms with Crippen LogP contribution in [0.2, 0.25) is 0 Å². The number of aliphatic carboxylic acids is 2. The Kier molecular flexibility index (Phi) is 11.3. The van der Waals surface area contributed by atoms with Crippen LogP contribution in [0.3, 0.4) is 0 Å². The monoisotopic (exact) mass is 246 g/mol. The van der Waals surface area contributed by atoms with Crippen LogP contribution in [0, 0.1) is 0 Å². The van der Waals surface area contributed by atoms with Gasteiger partial charge in [-0.3, -0.25) is 0 Å². The summed E-state index contributed by atoms with van der Waals surface area (Å²) in [5.74, 6) is -1.97. The highest BCUT2D eigenvalue weighted by Crippen LogP contribution is 1.94. The molecule has 0 fully saturated rings. The van der Waals surface area contributed by atoms with E-state index >= 15 is 0 Å². The summed E-state index contributed by atoms with van der Waals surface area (Å²) in [6.07, 6.45) is 2.05. The van der Waals surface area contributed by atoms with Gasteiger partial charge in [0.25, 0.3) is 0 Å². The van der Waals surface area contributed by atoms with E-state index in [4.69, 9.17) is 20.4 Å². The lowest BCUT2D eigenvalue weighted by molar-refractivity contribution is -0.133. The molecule has 0 radical (unpaired) electrons. The van der Waals surface area contributed by atoms with E-state index in [0.717, 1.165) is 0 Å². The van der Waals surface area contributed by atoms with E-state index in [0.29, 0.717) is 6.42 Å². The van der Waals surface area contributed by atoms with Crippen LogP contribution < -0.4 is 0 Å². The molecule has 17 heavy (non-hydrogen) atoms. The standard InChI is InChI=1S/C6H10O3.C5H8O3/c1-5(6(8)9)3-2-4-7;1-4(2-3-6)5(7)8/h3,7H,2,4H2,1H3,(H,8,9);6H,1-3H2,(H,7,8)/b5-3+;. The predicted molar refractivity (Wildman–Crippen MR) is 61.6 cm³/mol. The second kappa shape index (κ2) is 10.8. The lowest BCUT2D eigenvalue weighted by Crippen LogP contribution is -2.00. The highest BCUT2D eigenvalue weighted by molar-refractivity contribution is 5.86. The first-order valence-electron chi connectivity index (χ1n) is 4.89. The van der Waals surface area contributed by atoms with E-state index in [1.54, 1.807) is 0 Å². The highest BCUT2D eigenvalue weighted by atomic mass is 16.4. The Bertz CT molecular complexity index is 292. The molecular weight excluding hydrogens is 228 g/mol. The van der Waals surface area contributed by atoms with Gasteiger partial charge in [-0.1, -0.05) is 12.7 Å². The van der Waals surface area contributed by atoms with Gasteiger partial charge < -0.3 is 20.4 Å². The molecule has 0 bridgehead atoms. The number of aliphatic hydroxyl groups excluding tert-OH is 2. The van der Waals surface area contributed by atoms with Crippen LogP contribution in [0.4, 0.5) is 0 Å². The van der Waals surface area contributed by atoms with Crippen molar-refractivity contribution >= 4 is 11.9 Å². The number of carbonyl (C=O) groups is 2. The van der Waals surface area contributed by atoms with Crippen LogP contribution in [-0.2, 0) is 9.59 Å². The smallest absolute Gasteiger partial charge is 0.331 e. The molecule has 0 atom stereocenters. The minimum Gasteiger partial charge on any atom is -0.478 e. The molecule has 0 rings (SSSR count). The molecule has 98 valence electrons. The van der Waals surface area contributed by atoms with Gasteiger partial charge in [0.15, 0.2) is 0 Å². The maximum absolute atomic E-state index is 10.1.